The van der Waals surface area contributed by atoms with E-state index in [1.54, 1.807) is 58.9 Å². The van der Waals surface area contributed by atoms with Gasteiger partial charge < -0.3 is 40.9 Å². The van der Waals surface area contributed by atoms with Crippen molar-refractivity contribution in [3.8, 4) is 0 Å². The van der Waals surface area contributed by atoms with E-state index in [0.717, 1.165) is 5.01 Å². The second-order valence-corrected chi connectivity index (χ2v) is 16.2. The number of hydrazine groups is 1. The Morgan fingerprint density at radius 3 is 2.11 bits per heavy atom. The Bertz CT molecular complexity index is 1590. The Labute approximate surface area is 328 Å². The van der Waals surface area contributed by atoms with E-state index in [1.165, 1.54) is 11.8 Å². The van der Waals surface area contributed by atoms with E-state index in [-0.39, 0.29) is 44.8 Å². The van der Waals surface area contributed by atoms with Gasteiger partial charge in [-0.15, -0.1) is 0 Å². The molecule has 4 amide bonds. The molecule has 312 valence electrons. The predicted octanol–water partition coefficient (Wildman–Crippen LogP) is 0.0965. The minimum Gasteiger partial charge on any atom is -0.451 e. The number of nitrogens with zero attached hydrogens (tertiary/aromatic N) is 2. The second-order valence-electron chi connectivity index (χ2n) is 16.2. The number of nitrogens with one attached hydrogen (secondary N) is 5. The van der Waals surface area contributed by atoms with Crippen molar-refractivity contribution in [3.05, 3.63) is 29.8 Å². The number of hydrogen-bond donors (Lipinski definition) is 8. The lowest BCUT2D eigenvalue weighted by molar-refractivity contribution is -0.172. The molecule has 2 fully saturated rings. The molecule has 3 heterocycles. The number of fused-ring (bicyclic) bond motifs is 3. The van der Waals surface area contributed by atoms with Gasteiger partial charge in [0.15, 0.2) is 11.9 Å². The number of esters is 1. The number of carbonyl (C=O) groups excluding carboxylic acids is 6. The topological polar surface area (TPSA) is 239 Å². The molecule has 17 nitrogen and oxygen atoms in total. The third kappa shape index (κ3) is 10.4. The van der Waals surface area contributed by atoms with Gasteiger partial charge in [-0.1, -0.05) is 66.7 Å². The number of β-amino-alcohol motifs (C(OH)–C–C–N with tert-alkyl or cyclic N) is 1. The van der Waals surface area contributed by atoms with Crippen LogP contribution in [-0.2, 0) is 33.5 Å². The summed E-state index contributed by atoms with van der Waals surface area (Å²) < 4.78 is 5.91. The van der Waals surface area contributed by atoms with Crippen LogP contribution in [0.3, 0.4) is 0 Å². The Kier molecular flexibility index (Phi) is 15.4. The molecule has 1 unspecified atom stereocenters. The number of rotatable bonds is 6. The zero-order chi connectivity index (χ0) is 41.6. The number of aliphatic hydroxyl groups is 3. The van der Waals surface area contributed by atoms with Crippen LogP contribution in [0.25, 0.3) is 0 Å². The normalized spacial score (nSPS) is 31.1. The van der Waals surface area contributed by atoms with Crippen molar-refractivity contribution < 1.29 is 48.8 Å². The quantitative estimate of drug-likeness (QED) is 0.179. The summed E-state index contributed by atoms with van der Waals surface area (Å²) in [6, 6.07) is -0.764. The van der Waals surface area contributed by atoms with Crippen LogP contribution in [-0.4, -0.2) is 128 Å². The highest BCUT2D eigenvalue weighted by atomic mass is 16.6. The number of ketones is 1. The molecule has 10 atom stereocenters. The van der Waals surface area contributed by atoms with Crippen LogP contribution < -0.4 is 26.7 Å². The molecule has 0 aliphatic carbocycles. The van der Waals surface area contributed by atoms with E-state index >= 15 is 0 Å². The lowest BCUT2D eigenvalue weighted by atomic mass is 9.90. The molecule has 0 saturated carbocycles. The first kappa shape index (κ1) is 44.6. The van der Waals surface area contributed by atoms with Crippen molar-refractivity contribution >= 4 is 41.1 Å². The summed E-state index contributed by atoms with van der Waals surface area (Å²) in [6.07, 6.45) is -5.30. The fraction of sp³-hybridized carbons (Fsp3) is 0.692. The molecule has 3 aliphatic heterocycles. The molecule has 0 bridgehead atoms. The fourth-order valence-electron chi connectivity index (χ4n) is 7.39. The smallest absolute Gasteiger partial charge is 0.324 e. The molecule has 0 aromatic heterocycles. The highest BCUT2D eigenvalue weighted by Gasteiger charge is 2.45. The maximum atomic E-state index is 14.7. The van der Waals surface area contributed by atoms with Crippen molar-refractivity contribution in [2.75, 3.05) is 18.5 Å². The van der Waals surface area contributed by atoms with Crippen molar-refractivity contribution in [1.82, 2.24) is 31.3 Å². The second kappa shape index (κ2) is 19.3. The number of para-hydroxylation sites is 1. The molecule has 4 rings (SSSR count). The first-order chi connectivity index (χ1) is 26.4. The maximum Gasteiger partial charge on any atom is 0.324 e. The van der Waals surface area contributed by atoms with Gasteiger partial charge in [0.25, 0.3) is 5.91 Å². The number of ether oxygens (including phenoxy) is 1. The monoisotopic (exact) mass is 787 g/mol. The highest BCUT2D eigenvalue weighted by molar-refractivity contribution is 5.98. The number of cyclic esters (lactones) is 1. The minimum atomic E-state index is -1.60. The summed E-state index contributed by atoms with van der Waals surface area (Å²) >= 11 is 0. The van der Waals surface area contributed by atoms with Crippen molar-refractivity contribution in [2.24, 2.45) is 17.8 Å². The van der Waals surface area contributed by atoms with Crippen molar-refractivity contribution in [3.63, 3.8) is 0 Å². The van der Waals surface area contributed by atoms with Gasteiger partial charge in [-0.05, 0) is 43.6 Å². The number of benzene rings is 1. The number of carbonyl (C=O) groups is 6. The van der Waals surface area contributed by atoms with Crippen LogP contribution >= 0.6 is 0 Å². The summed E-state index contributed by atoms with van der Waals surface area (Å²) in [6.45, 7) is 13.2. The maximum absolute atomic E-state index is 14.7. The zero-order valence-electron chi connectivity index (χ0n) is 33.7. The van der Waals surface area contributed by atoms with Crippen molar-refractivity contribution in [2.45, 2.75) is 142 Å². The van der Waals surface area contributed by atoms with Gasteiger partial charge in [0.05, 0.1) is 37.1 Å². The van der Waals surface area contributed by atoms with E-state index in [9.17, 15) is 44.1 Å². The van der Waals surface area contributed by atoms with E-state index < -0.39 is 108 Å². The van der Waals surface area contributed by atoms with Gasteiger partial charge in [-0.25, -0.2) is 5.43 Å². The average Bonchev–Trinajstić information content (AvgIpc) is 3.13. The van der Waals surface area contributed by atoms with Crippen LogP contribution in [0.5, 0.6) is 0 Å². The van der Waals surface area contributed by atoms with Crippen LogP contribution in [0.2, 0.25) is 0 Å². The van der Waals surface area contributed by atoms with Crippen LogP contribution in [0.15, 0.2) is 24.3 Å². The summed E-state index contributed by atoms with van der Waals surface area (Å²) in [7, 11) is 0. The molecule has 0 spiro atoms. The number of aliphatic hydroxyl groups excluding tert-OH is 3. The van der Waals surface area contributed by atoms with Gasteiger partial charge in [0.2, 0.25) is 17.7 Å². The van der Waals surface area contributed by atoms with Crippen molar-refractivity contribution in [1.29, 1.82) is 0 Å². The minimum absolute atomic E-state index is 0.0782. The van der Waals surface area contributed by atoms with E-state index in [0.29, 0.717) is 11.3 Å². The molecular weight excluding hydrogens is 726 g/mol. The van der Waals surface area contributed by atoms with E-state index in [4.69, 9.17) is 4.74 Å². The Morgan fingerprint density at radius 1 is 0.821 bits per heavy atom. The fourth-order valence-corrected chi connectivity index (χ4v) is 7.39. The van der Waals surface area contributed by atoms with Crippen LogP contribution in [0, 0.1) is 17.8 Å². The molecular formula is C39H61N7O10. The summed E-state index contributed by atoms with van der Waals surface area (Å²) in [5.74, 6) is -5.70. The van der Waals surface area contributed by atoms with Gasteiger partial charge in [-0.3, -0.25) is 39.1 Å². The predicted molar refractivity (Wildman–Crippen MR) is 205 cm³/mol. The zero-order valence-corrected chi connectivity index (χ0v) is 33.7. The van der Waals surface area contributed by atoms with Gasteiger partial charge >= 0.3 is 5.97 Å². The third-order valence-electron chi connectivity index (χ3n) is 10.6. The lowest BCUT2D eigenvalue weighted by Gasteiger charge is -2.40. The largest absolute Gasteiger partial charge is 0.451 e. The molecule has 3 aliphatic rings. The van der Waals surface area contributed by atoms with Gasteiger partial charge in [0, 0.05) is 30.6 Å². The van der Waals surface area contributed by atoms with Crippen LogP contribution in [0.1, 0.15) is 92.7 Å². The molecule has 2 saturated heterocycles. The Balaban J connectivity index is 1.87. The Hall–Kier alpha value is -4.16. The first-order valence-corrected chi connectivity index (χ1v) is 19.7. The lowest BCUT2D eigenvalue weighted by Crippen LogP contribution is -2.66. The first-order valence-electron chi connectivity index (χ1n) is 19.7. The van der Waals surface area contributed by atoms with E-state index in [1.807, 2.05) is 13.8 Å². The van der Waals surface area contributed by atoms with Gasteiger partial charge in [0.1, 0.15) is 24.2 Å². The SMILES string of the molecule is CCC1N[C@H](C(C)C)C(=O)O[C@@H](C(C)C)C(=O)N2NC[C@H](O)C[C@@H]2C(=O)N[C@@H](CC(C)C)C(=O)N[C@H]([C@H](C)O)C(=O)N2CNc3ccccc3[C@H](O)C[C@H]2C1=O. The van der Waals surface area contributed by atoms with Crippen LogP contribution in [0.4, 0.5) is 5.69 Å². The summed E-state index contributed by atoms with van der Waals surface area (Å²) in [4.78, 5) is 86.8. The molecule has 1 aromatic rings. The number of anilines is 1. The van der Waals surface area contributed by atoms with Gasteiger partial charge in [-0.2, -0.15) is 0 Å². The number of Topliss-reactive ketones (excluding diaryl/α,β-unsaturated/α-hetero) is 1. The molecule has 8 N–H and O–H groups in total. The third-order valence-corrected chi connectivity index (χ3v) is 10.6. The molecule has 1 aromatic carbocycles. The highest BCUT2D eigenvalue weighted by Crippen LogP contribution is 2.31. The molecule has 0 radical (unpaired) electrons. The average molecular weight is 788 g/mol. The summed E-state index contributed by atoms with van der Waals surface area (Å²) in [5.41, 5.74) is 3.81. The Morgan fingerprint density at radius 2 is 1.50 bits per heavy atom. The summed E-state index contributed by atoms with van der Waals surface area (Å²) in [5, 5.41) is 45.7. The molecule has 17 heteroatoms. The number of hydrogen-bond acceptors (Lipinski definition) is 13. The standard InChI is InChI=1S/C39H61N7O10/c1-9-25-33(50)28-16-30(49)24-12-10-11-13-26(24)40-18-45(28)37(53)32(22(8)47)44-35(51)27(14-19(2)3)43-36(52)29-15-23(48)17-41-46(29)38(54)34(21(6)7)56-39(55)31(42-25)20(4)5/h10-13,19-23,25,27-32,34,40-42,47-49H,9,14-18H2,1-8H3,(H,43,52)(H,44,51)/t22-,23+,25?,27-,28-,29+,30+,31+,32+,34-/m0/s1. The molecule has 56 heavy (non-hydrogen) atoms. The van der Waals surface area contributed by atoms with E-state index in [2.05, 4.69) is 26.7 Å². The number of amides is 4.